The largest absolute Gasteiger partial charge is 0.456 e. The second-order valence-electron chi connectivity index (χ2n) is 4.04. The standard InChI is InChI=1S/C14H11Br2FO2/c1-8(18)11-4-3-10(7-12(11)15)19-14-5-2-9(17)6-13(14)16/h2-8,18H,1H3/t8-/m1/s1. The smallest absolute Gasteiger partial charge is 0.141 e. The van der Waals surface area contributed by atoms with Crippen LogP contribution in [0.4, 0.5) is 4.39 Å². The Hall–Kier alpha value is -0.910. The molecule has 0 saturated carbocycles. The minimum absolute atomic E-state index is 0.329. The number of ether oxygens (including phenoxy) is 1. The molecule has 0 aromatic heterocycles. The van der Waals surface area contributed by atoms with Crippen molar-refractivity contribution in [1.82, 2.24) is 0 Å². The molecular weight excluding hydrogens is 379 g/mol. The predicted octanol–water partition coefficient (Wildman–Crippen LogP) is 5.20. The van der Waals surface area contributed by atoms with Crippen molar-refractivity contribution in [2.45, 2.75) is 13.0 Å². The lowest BCUT2D eigenvalue weighted by Crippen LogP contribution is -1.93. The SMILES string of the molecule is C[C@@H](O)c1ccc(Oc2ccc(F)cc2Br)cc1Br. The lowest BCUT2D eigenvalue weighted by atomic mass is 10.1. The van der Waals surface area contributed by atoms with Gasteiger partial charge in [0.05, 0.1) is 10.6 Å². The molecule has 5 heteroatoms. The number of aliphatic hydroxyl groups is 1. The molecule has 0 aliphatic carbocycles. The molecule has 2 aromatic carbocycles. The molecule has 1 N–H and O–H groups in total. The summed E-state index contributed by atoms with van der Waals surface area (Å²) in [5.41, 5.74) is 0.783. The number of hydrogen-bond donors (Lipinski definition) is 1. The van der Waals surface area contributed by atoms with E-state index < -0.39 is 6.10 Å². The van der Waals surface area contributed by atoms with Gasteiger partial charge in [-0.3, -0.25) is 0 Å². The third-order valence-corrected chi connectivity index (χ3v) is 3.85. The highest BCUT2D eigenvalue weighted by Crippen LogP contribution is 2.33. The third kappa shape index (κ3) is 3.55. The van der Waals surface area contributed by atoms with E-state index in [0.717, 1.165) is 10.0 Å². The Bertz CT molecular complexity index is 600. The van der Waals surface area contributed by atoms with E-state index in [1.807, 2.05) is 0 Å². The van der Waals surface area contributed by atoms with Crippen LogP contribution >= 0.6 is 31.9 Å². The predicted molar refractivity (Wildman–Crippen MR) is 78.9 cm³/mol. The number of benzene rings is 2. The van der Waals surface area contributed by atoms with E-state index in [9.17, 15) is 9.50 Å². The van der Waals surface area contributed by atoms with E-state index >= 15 is 0 Å². The van der Waals surface area contributed by atoms with Crippen LogP contribution in [0, 0.1) is 5.82 Å². The maximum atomic E-state index is 13.0. The van der Waals surface area contributed by atoms with E-state index in [2.05, 4.69) is 31.9 Å². The Kier molecular flexibility index (Phi) is 4.60. The summed E-state index contributed by atoms with van der Waals surface area (Å²) < 4.78 is 19.9. The first-order chi connectivity index (χ1) is 8.97. The van der Waals surface area contributed by atoms with Crippen molar-refractivity contribution >= 4 is 31.9 Å². The van der Waals surface area contributed by atoms with Crippen LogP contribution in [0.3, 0.4) is 0 Å². The molecule has 19 heavy (non-hydrogen) atoms. The highest BCUT2D eigenvalue weighted by Gasteiger charge is 2.09. The molecule has 0 aliphatic heterocycles. The minimum atomic E-state index is -0.555. The number of aliphatic hydroxyl groups excluding tert-OH is 1. The summed E-state index contributed by atoms with van der Waals surface area (Å²) in [6.45, 7) is 1.69. The van der Waals surface area contributed by atoms with E-state index in [-0.39, 0.29) is 5.82 Å². The second kappa shape index (κ2) is 6.03. The Morgan fingerprint density at radius 1 is 1.11 bits per heavy atom. The Morgan fingerprint density at radius 2 is 1.84 bits per heavy atom. The van der Waals surface area contributed by atoms with Gasteiger partial charge in [0.25, 0.3) is 0 Å². The number of rotatable bonds is 3. The van der Waals surface area contributed by atoms with E-state index in [0.29, 0.717) is 16.0 Å². The van der Waals surface area contributed by atoms with Gasteiger partial charge in [0.2, 0.25) is 0 Å². The normalized spacial score (nSPS) is 12.3. The molecule has 2 aromatic rings. The molecule has 100 valence electrons. The van der Waals surface area contributed by atoms with Crippen LogP contribution in [0.25, 0.3) is 0 Å². The van der Waals surface area contributed by atoms with Crippen molar-refractivity contribution in [2.75, 3.05) is 0 Å². The first-order valence-corrected chi connectivity index (χ1v) is 7.16. The fourth-order valence-corrected chi connectivity index (χ4v) is 2.72. The average molecular weight is 390 g/mol. The van der Waals surface area contributed by atoms with Crippen LogP contribution in [0.1, 0.15) is 18.6 Å². The van der Waals surface area contributed by atoms with Crippen molar-refractivity contribution in [3.8, 4) is 11.5 Å². The summed E-state index contributed by atoms with van der Waals surface area (Å²) in [6.07, 6.45) is -0.555. The number of halogens is 3. The summed E-state index contributed by atoms with van der Waals surface area (Å²) in [5.74, 6) is 0.798. The maximum Gasteiger partial charge on any atom is 0.141 e. The van der Waals surface area contributed by atoms with Crippen LogP contribution in [-0.2, 0) is 0 Å². The van der Waals surface area contributed by atoms with Crippen molar-refractivity contribution in [1.29, 1.82) is 0 Å². The zero-order chi connectivity index (χ0) is 14.0. The molecule has 2 rings (SSSR count). The van der Waals surface area contributed by atoms with Gasteiger partial charge < -0.3 is 9.84 Å². The molecule has 0 unspecified atom stereocenters. The second-order valence-corrected chi connectivity index (χ2v) is 5.74. The zero-order valence-corrected chi connectivity index (χ0v) is 13.2. The van der Waals surface area contributed by atoms with Crippen LogP contribution in [0.2, 0.25) is 0 Å². The molecule has 0 spiro atoms. The van der Waals surface area contributed by atoms with Gasteiger partial charge in [-0.25, -0.2) is 4.39 Å². The fraction of sp³-hybridized carbons (Fsp3) is 0.143. The molecule has 0 heterocycles. The van der Waals surface area contributed by atoms with Crippen LogP contribution in [-0.4, -0.2) is 5.11 Å². The topological polar surface area (TPSA) is 29.5 Å². The third-order valence-electron chi connectivity index (χ3n) is 2.54. The molecular formula is C14H11Br2FO2. The molecule has 0 fully saturated rings. The van der Waals surface area contributed by atoms with Crippen molar-refractivity contribution in [3.05, 3.63) is 56.7 Å². The lowest BCUT2D eigenvalue weighted by Gasteiger charge is -2.11. The van der Waals surface area contributed by atoms with Gasteiger partial charge in [-0.1, -0.05) is 22.0 Å². The Morgan fingerprint density at radius 3 is 2.42 bits per heavy atom. The minimum Gasteiger partial charge on any atom is -0.456 e. The summed E-state index contributed by atoms with van der Waals surface area (Å²) in [5, 5.41) is 9.54. The van der Waals surface area contributed by atoms with Gasteiger partial charge in [0.15, 0.2) is 0 Å². The fourth-order valence-electron chi connectivity index (χ4n) is 1.60. The summed E-state index contributed by atoms with van der Waals surface area (Å²) in [4.78, 5) is 0. The van der Waals surface area contributed by atoms with Crippen molar-refractivity contribution in [3.63, 3.8) is 0 Å². The Balaban J connectivity index is 2.26. The zero-order valence-electron chi connectivity index (χ0n) is 10.0. The maximum absolute atomic E-state index is 13.0. The molecule has 0 aliphatic rings. The quantitative estimate of drug-likeness (QED) is 0.781. The van der Waals surface area contributed by atoms with Gasteiger partial charge in [-0.15, -0.1) is 0 Å². The summed E-state index contributed by atoms with van der Waals surface area (Å²) >= 11 is 6.62. The van der Waals surface area contributed by atoms with Crippen LogP contribution < -0.4 is 4.74 Å². The van der Waals surface area contributed by atoms with Crippen molar-refractivity contribution in [2.24, 2.45) is 0 Å². The molecule has 0 saturated heterocycles. The van der Waals surface area contributed by atoms with Gasteiger partial charge in [0.1, 0.15) is 17.3 Å². The molecule has 2 nitrogen and oxygen atoms in total. The molecule has 0 amide bonds. The first-order valence-electron chi connectivity index (χ1n) is 5.58. The lowest BCUT2D eigenvalue weighted by molar-refractivity contribution is 0.198. The number of hydrogen-bond acceptors (Lipinski definition) is 2. The molecule has 0 bridgehead atoms. The molecule has 1 atom stereocenters. The van der Waals surface area contributed by atoms with Gasteiger partial charge in [-0.05, 0) is 58.7 Å². The van der Waals surface area contributed by atoms with E-state index in [1.165, 1.54) is 12.1 Å². The average Bonchev–Trinajstić information content (AvgIpc) is 2.32. The van der Waals surface area contributed by atoms with E-state index in [1.54, 1.807) is 31.2 Å². The van der Waals surface area contributed by atoms with Gasteiger partial charge >= 0.3 is 0 Å². The van der Waals surface area contributed by atoms with Crippen LogP contribution in [0.5, 0.6) is 11.5 Å². The van der Waals surface area contributed by atoms with Crippen molar-refractivity contribution < 1.29 is 14.2 Å². The summed E-state index contributed by atoms with van der Waals surface area (Å²) in [7, 11) is 0. The highest BCUT2D eigenvalue weighted by atomic mass is 79.9. The highest BCUT2D eigenvalue weighted by molar-refractivity contribution is 9.10. The summed E-state index contributed by atoms with van der Waals surface area (Å²) in [6, 6.07) is 9.52. The first kappa shape index (κ1) is 14.5. The van der Waals surface area contributed by atoms with Gasteiger partial charge in [0, 0.05) is 4.47 Å². The van der Waals surface area contributed by atoms with E-state index in [4.69, 9.17) is 4.74 Å². The van der Waals surface area contributed by atoms with Crippen LogP contribution in [0.15, 0.2) is 45.3 Å². The monoisotopic (exact) mass is 388 g/mol. The van der Waals surface area contributed by atoms with Gasteiger partial charge in [-0.2, -0.15) is 0 Å². The Labute approximate surface area is 127 Å². The molecule has 0 radical (unpaired) electrons.